The van der Waals surface area contributed by atoms with Crippen molar-refractivity contribution in [1.29, 1.82) is 0 Å². The van der Waals surface area contributed by atoms with Gasteiger partial charge in [-0.3, -0.25) is 4.79 Å². The third-order valence-corrected chi connectivity index (χ3v) is 9.88. The summed E-state index contributed by atoms with van der Waals surface area (Å²) in [6.07, 6.45) is 3.76. The lowest BCUT2D eigenvalue weighted by atomic mass is 10.1. The molecule has 3 aromatic rings. The maximum absolute atomic E-state index is 13.3. The van der Waals surface area contributed by atoms with E-state index in [1.807, 2.05) is 24.8 Å². The molecule has 0 saturated carbocycles. The van der Waals surface area contributed by atoms with Crippen LogP contribution in [-0.2, 0) is 16.4 Å². The van der Waals surface area contributed by atoms with Gasteiger partial charge in [0, 0.05) is 25.2 Å². The number of benzene rings is 2. The summed E-state index contributed by atoms with van der Waals surface area (Å²) in [5.74, 6) is 1.01. The fourth-order valence-electron chi connectivity index (χ4n) is 5.13. The second kappa shape index (κ2) is 12.4. The molecule has 0 spiro atoms. The number of fused-ring (bicyclic) bond motifs is 1. The summed E-state index contributed by atoms with van der Waals surface area (Å²) in [5, 5.41) is 5.88. The van der Waals surface area contributed by atoms with Gasteiger partial charge in [-0.15, -0.1) is 0 Å². The number of nitrogens with zero attached hydrogens (tertiary/aromatic N) is 4. The molecule has 2 aromatic carbocycles. The summed E-state index contributed by atoms with van der Waals surface area (Å²) >= 11 is 6.42. The smallest absolute Gasteiger partial charge is 0.254 e. The minimum atomic E-state index is -3.56. The largest absolute Gasteiger partial charge is 0.489 e. The Labute approximate surface area is 252 Å². The lowest BCUT2D eigenvalue weighted by Gasteiger charge is -2.20. The number of hydrogen-bond donors (Lipinski definition) is 2. The van der Waals surface area contributed by atoms with E-state index in [2.05, 4.69) is 25.5 Å². The molecule has 1 fully saturated rings. The van der Waals surface area contributed by atoms with Gasteiger partial charge in [-0.25, -0.2) is 13.4 Å². The van der Waals surface area contributed by atoms with Crippen LogP contribution in [0.5, 0.6) is 5.75 Å². The van der Waals surface area contributed by atoms with Crippen LogP contribution in [0.2, 0.25) is 5.02 Å². The third kappa shape index (κ3) is 6.48. The summed E-state index contributed by atoms with van der Waals surface area (Å²) in [6, 6.07) is 10.3. The van der Waals surface area contributed by atoms with Crippen molar-refractivity contribution in [2.75, 3.05) is 36.8 Å². The van der Waals surface area contributed by atoms with Gasteiger partial charge in [0.2, 0.25) is 5.95 Å². The lowest BCUT2D eigenvalue weighted by Crippen LogP contribution is -2.33. The van der Waals surface area contributed by atoms with Gasteiger partial charge in [0.25, 0.3) is 5.91 Å². The van der Waals surface area contributed by atoms with Gasteiger partial charge >= 0.3 is 0 Å². The van der Waals surface area contributed by atoms with Crippen molar-refractivity contribution in [3.63, 3.8) is 0 Å². The van der Waals surface area contributed by atoms with E-state index in [1.165, 1.54) is 19.0 Å². The summed E-state index contributed by atoms with van der Waals surface area (Å²) < 4.78 is 32.0. The number of amides is 1. The van der Waals surface area contributed by atoms with Crippen LogP contribution in [-0.4, -0.2) is 71.6 Å². The van der Waals surface area contributed by atoms with Crippen LogP contribution < -0.4 is 15.4 Å². The second-order valence-electron chi connectivity index (χ2n) is 11.2. The molecule has 5 rings (SSSR count). The fraction of sp³-hybridized carbons (Fsp3) is 0.433. The van der Waals surface area contributed by atoms with Crippen LogP contribution in [0.25, 0.3) is 0 Å². The molecule has 12 heteroatoms. The molecular formula is C30H37ClN6O4S. The van der Waals surface area contributed by atoms with Crippen LogP contribution in [0.1, 0.15) is 56.5 Å². The number of hydrogen-bond acceptors (Lipinski definition) is 9. The Balaban J connectivity index is 1.41. The monoisotopic (exact) mass is 612 g/mol. The zero-order valence-electron chi connectivity index (χ0n) is 24.4. The molecule has 10 nitrogen and oxygen atoms in total. The lowest BCUT2D eigenvalue weighted by molar-refractivity contribution is 0.0763. The number of aromatic nitrogens is 2. The van der Waals surface area contributed by atoms with Crippen molar-refractivity contribution in [2.45, 2.75) is 63.3 Å². The van der Waals surface area contributed by atoms with E-state index >= 15 is 0 Å². The second-order valence-corrected chi connectivity index (χ2v) is 14.1. The average molecular weight is 613 g/mol. The molecule has 2 aliphatic rings. The molecule has 224 valence electrons. The van der Waals surface area contributed by atoms with E-state index in [9.17, 15) is 13.2 Å². The van der Waals surface area contributed by atoms with Crippen molar-refractivity contribution in [3.8, 4) is 5.75 Å². The number of halogens is 1. The highest BCUT2D eigenvalue weighted by molar-refractivity contribution is 7.92. The highest BCUT2D eigenvalue weighted by atomic mass is 35.5. The first-order chi connectivity index (χ1) is 20.0. The molecule has 2 aliphatic heterocycles. The molecule has 0 unspecified atom stereocenters. The molecule has 0 bridgehead atoms. The normalized spacial score (nSPS) is 15.5. The number of ether oxygens (including phenoxy) is 1. The van der Waals surface area contributed by atoms with Crippen LogP contribution in [0, 0.1) is 0 Å². The fourth-order valence-corrected chi connectivity index (χ4v) is 6.47. The molecular weight excluding hydrogens is 576 g/mol. The van der Waals surface area contributed by atoms with Crippen LogP contribution in [0.4, 0.5) is 23.1 Å². The molecule has 1 saturated heterocycles. The van der Waals surface area contributed by atoms with E-state index < -0.39 is 15.1 Å². The van der Waals surface area contributed by atoms with Crippen LogP contribution >= 0.6 is 11.6 Å². The van der Waals surface area contributed by atoms with Gasteiger partial charge < -0.3 is 25.2 Å². The van der Waals surface area contributed by atoms with Crippen molar-refractivity contribution in [3.05, 3.63) is 58.7 Å². The highest BCUT2D eigenvalue weighted by Crippen LogP contribution is 2.36. The number of para-hydroxylation sites is 1. The number of rotatable bonds is 11. The molecule has 0 radical (unpaired) electrons. The topological polar surface area (TPSA) is 117 Å². The Bertz CT molecular complexity index is 1570. The van der Waals surface area contributed by atoms with Gasteiger partial charge in [-0.2, -0.15) is 4.98 Å². The maximum atomic E-state index is 13.3. The molecule has 0 aliphatic carbocycles. The average Bonchev–Trinajstić information content (AvgIpc) is 3.57. The Morgan fingerprint density at radius 2 is 1.76 bits per heavy atom. The van der Waals surface area contributed by atoms with Crippen LogP contribution in [0.15, 0.2) is 47.5 Å². The summed E-state index contributed by atoms with van der Waals surface area (Å²) in [6.45, 7) is 11.4. The Hall–Kier alpha value is -3.41. The SMILES string of the molecule is CC(C)Oc1cc2c(cc1Nc1ncc(Cl)c(Nc3ccccc3S(=O)(=O)C(C)C)n1)C(=O)N(CCN1CCCC1)C2. The Morgan fingerprint density at radius 1 is 1.02 bits per heavy atom. The van der Waals surface area contributed by atoms with Gasteiger partial charge in [0.05, 0.1) is 33.8 Å². The molecule has 3 heterocycles. The Kier molecular flexibility index (Phi) is 8.91. The molecule has 1 aromatic heterocycles. The minimum Gasteiger partial charge on any atom is -0.489 e. The summed E-state index contributed by atoms with van der Waals surface area (Å²) in [4.78, 5) is 26.6. The standard InChI is InChI=1S/C30H37ClN6O4S/c1-19(2)41-26-15-21-18-37(14-13-36-11-7-8-12-36)29(38)22(21)16-25(26)34-30-32-17-23(31)28(35-30)33-24-9-5-6-10-27(24)42(39,40)20(3)4/h5-6,9-10,15-17,19-20H,7-8,11-14,18H2,1-4H3,(H2,32,33,34,35). The molecule has 42 heavy (non-hydrogen) atoms. The van der Waals surface area contributed by atoms with Gasteiger partial charge in [-0.1, -0.05) is 23.7 Å². The molecule has 1 amide bonds. The zero-order chi connectivity index (χ0) is 30.0. The number of likely N-dealkylation sites (tertiary alicyclic amines) is 1. The molecule has 2 N–H and O–H groups in total. The van der Waals surface area contributed by atoms with E-state index in [1.54, 1.807) is 44.2 Å². The van der Waals surface area contributed by atoms with Crippen molar-refractivity contribution >= 4 is 50.5 Å². The number of sulfone groups is 1. The predicted molar refractivity (Wildman–Crippen MR) is 165 cm³/mol. The zero-order valence-corrected chi connectivity index (χ0v) is 25.9. The quantitative estimate of drug-likeness (QED) is 0.284. The van der Waals surface area contributed by atoms with Crippen molar-refractivity contribution < 1.29 is 17.9 Å². The van der Waals surface area contributed by atoms with E-state index in [0.29, 0.717) is 35.8 Å². The first kappa shape index (κ1) is 30.1. The molecule has 0 atom stereocenters. The van der Waals surface area contributed by atoms with Crippen molar-refractivity contribution in [2.24, 2.45) is 0 Å². The highest BCUT2D eigenvalue weighted by Gasteiger charge is 2.30. The summed E-state index contributed by atoms with van der Waals surface area (Å²) in [7, 11) is -3.56. The minimum absolute atomic E-state index is 0.00862. The summed E-state index contributed by atoms with van der Waals surface area (Å²) in [5.41, 5.74) is 2.45. The van der Waals surface area contributed by atoms with E-state index in [0.717, 1.165) is 25.2 Å². The number of carbonyl (C=O) groups is 1. The van der Waals surface area contributed by atoms with E-state index in [4.69, 9.17) is 16.3 Å². The number of anilines is 4. The predicted octanol–water partition coefficient (Wildman–Crippen LogP) is 5.64. The number of carbonyl (C=O) groups excluding carboxylic acids is 1. The third-order valence-electron chi connectivity index (χ3n) is 7.39. The Morgan fingerprint density at radius 3 is 2.48 bits per heavy atom. The first-order valence-electron chi connectivity index (χ1n) is 14.3. The first-order valence-corrected chi connectivity index (χ1v) is 16.2. The van der Waals surface area contributed by atoms with Gasteiger partial charge in [0.1, 0.15) is 10.8 Å². The van der Waals surface area contributed by atoms with Gasteiger partial charge in [0.15, 0.2) is 15.7 Å². The number of nitrogens with one attached hydrogen (secondary N) is 2. The van der Waals surface area contributed by atoms with Gasteiger partial charge in [-0.05, 0) is 83.5 Å². The maximum Gasteiger partial charge on any atom is 0.254 e. The van der Waals surface area contributed by atoms with E-state index in [-0.39, 0.29) is 33.7 Å². The van der Waals surface area contributed by atoms with Crippen molar-refractivity contribution in [1.82, 2.24) is 19.8 Å². The van der Waals surface area contributed by atoms with Crippen LogP contribution in [0.3, 0.4) is 0 Å².